The molecular formula is C8H8ClIO. The van der Waals surface area contributed by atoms with Gasteiger partial charge in [0.1, 0.15) is 5.75 Å². The van der Waals surface area contributed by atoms with Crippen LogP contribution in [0.25, 0.3) is 0 Å². The van der Waals surface area contributed by atoms with E-state index in [1.165, 1.54) is 0 Å². The Balaban J connectivity index is 3.24. The van der Waals surface area contributed by atoms with Crippen LogP contribution < -0.4 is 0 Å². The molecule has 0 amide bonds. The fraction of sp³-hybridized carbons (Fsp3) is 0.250. The lowest BCUT2D eigenvalue weighted by Crippen LogP contribution is -1.84. The molecule has 1 aromatic carbocycles. The van der Waals surface area contributed by atoms with Gasteiger partial charge in [-0.1, -0.05) is 18.5 Å². The molecule has 0 unspecified atom stereocenters. The van der Waals surface area contributed by atoms with Gasteiger partial charge in [0.05, 0.1) is 3.57 Å². The highest BCUT2D eigenvalue weighted by atomic mass is 127. The molecule has 11 heavy (non-hydrogen) atoms. The zero-order valence-corrected chi connectivity index (χ0v) is 8.98. The first-order chi connectivity index (χ1) is 5.15. The summed E-state index contributed by atoms with van der Waals surface area (Å²) in [5.41, 5.74) is 0.905. The average molecular weight is 283 g/mol. The number of aryl methyl sites for hydroxylation is 1. The summed E-state index contributed by atoms with van der Waals surface area (Å²) in [7, 11) is 0. The van der Waals surface area contributed by atoms with Crippen LogP contribution in [-0.2, 0) is 6.42 Å². The molecule has 1 nitrogen and oxygen atoms in total. The van der Waals surface area contributed by atoms with Gasteiger partial charge in [-0.3, -0.25) is 0 Å². The molecule has 0 aliphatic carbocycles. The van der Waals surface area contributed by atoms with E-state index in [1.54, 1.807) is 12.1 Å². The van der Waals surface area contributed by atoms with E-state index in [9.17, 15) is 5.11 Å². The Morgan fingerprint density at radius 1 is 1.55 bits per heavy atom. The lowest BCUT2D eigenvalue weighted by Gasteiger charge is -2.03. The Morgan fingerprint density at radius 2 is 2.18 bits per heavy atom. The van der Waals surface area contributed by atoms with Crippen molar-refractivity contribution in [1.29, 1.82) is 0 Å². The standard InChI is InChI=1S/C8H8ClIO/c1-2-5-3-6(9)4-7(10)8(5)11/h3-4,11H,2H2,1H3. The molecule has 0 aliphatic heterocycles. The molecule has 1 aromatic rings. The summed E-state index contributed by atoms with van der Waals surface area (Å²) >= 11 is 7.85. The molecule has 0 atom stereocenters. The van der Waals surface area contributed by atoms with Gasteiger partial charge in [0.15, 0.2) is 0 Å². The topological polar surface area (TPSA) is 20.2 Å². The minimum atomic E-state index is 0.359. The van der Waals surface area contributed by atoms with Crippen molar-refractivity contribution < 1.29 is 5.11 Å². The van der Waals surface area contributed by atoms with E-state index in [1.807, 2.05) is 6.92 Å². The molecule has 0 saturated heterocycles. The monoisotopic (exact) mass is 282 g/mol. The number of hydrogen-bond acceptors (Lipinski definition) is 1. The average Bonchev–Trinajstić information content (AvgIpc) is 1.96. The molecule has 0 heterocycles. The first-order valence-corrected chi connectivity index (χ1v) is 4.77. The number of rotatable bonds is 1. The molecule has 1 rings (SSSR count). The van der Waals surface area contributed by atoms with Crippen LogP contribution in [0.4, 0.5) is 0 Å². The first kappa shape index (κ1) is 9.13. The number of halogens is 2. The van der Waals surface area contributed by atoms with Gasteiger partial charge in [-0.2, -0.15) is 0 Å². The van der Waals surface area contributed by atoms with Gasteiger partial charge in [-0.15, -0.1) is 0 Å². The maximum atomic E-state index is 9.46. The minimum Gasteiger partial charge on any atom is -0.507 e. The summed E-state index contributed by atoms with van der Waals surface area (Å²) in [6.45, 7) is 1.99. The Hall–Kier alpha value is 0.0400. The Bertz CT molecular complexity index is 273. The van der Waals surface area contributed by atoms with Crippen molar-refractivity contribution in [3.05, 3.63) is 26.3 Å². The molecule has 0 fully saturated rings. The van der Waals surface area contributed by atoms with Crippen molar-refractivity contribution in [2.75, 3.05) is 0 Å². The second-order valence-electron chi connectivity index (χ2n) is 2.25. The van der Waals surface area contributed by atoms with E-state index < -0.39 is 0 Å². The summed E-state index contributed by atoms with van der Waals surface area (Å²) in [5, 5.41) is 10.1. The van der Waals surface area contributed by atoms with Crippen molar-refractivity contribution in [3.8, 4) is 5.75 Å². The molecule has 0 saturated carbocycles. The molecule has 60 valence electrons. The van der Waals surface area contributed by atoms with Crippen LogP contribution in [0.1, 0.15) is 12.5 Å². The van der Waals surface area contributed by atoms with Gasteiger partial charge < -0.3 is 5.11 Å². The second kappa shape index (κ2) is 3.63. The maximum absolute atomic E-state index is 9.46. The Kier molecular flexibility index (Phi) is 3.01. The van der Waals surface area contributed by atoms with E-state index in [-0.39, 0.29) is 0 Å². The molecule has 0 bridgehead atoms. The third-order valence-corrected chi connectivity index (χ3v) is 2.53. The van der Waals surface area contributed by atoms with Gasteiger partial charge in [0.2, 0.25) is 0 Å². The summed E-state index contributed by atoms with van der Waals surface area (Å²) < 4.78 is 0.812. The summed E-state index contributed by atoms with van der Waals surface area (Å²) in [6, 6.07) is 3.54. The lowest BCUT2D eigenvalue weighted by molar-refractivity contribution is 0.465. The van der Waals surface area contributed by atoms with Crippen LogP contribution in [0.15, 0.2) is 12.1 Å². The normalized spacial score (nSPS) is 10.1. The van der Waals surface area contributed by atoms with Crippen LogP contribution in [0.3, 0.4) is 0 Å². The molecule has 0 spiro atoms. The zero-order chi connectivity index (χ0) is 8.43. The Morgan fingerprint density at radius 3 is 2.73 bits per heavy atom. The third kappa shape index (κ3) is 1.99. The number of phenols is 1. The Labute approximate surface area is 84.5 Å². The summed E-state index contributed by atoms with van der Waals surface area (Å²) in [4.78, 5) is 0. The second-order valence-corrected chi connectivity index (χ2v) is 3.85. The van der Waals surface area contributed by atoms with Crippen molar-refractivity contribution in [1.82, 2.24) is 0 Å². The lowest BCUT2D eigenvalue weighted by atomic mass is 10.1. The van der Waals surface area contributed by atoms with E-state index in [0.717, 1.165) is 15.6 Å². The number of benzene rings is 1. The van der Waals surface area contributed by atoms with Gasteiger partial charge in [0.25, 0.3) is 0 Å². The van der Waals surface area contributed by atoms with Crippen molar-refractivity contribution in [2.24, 2.45) is 0 Å². The molecular weight excluding hydrogens is 274 g/mol. The van der Waals surface area contributed by atoms with Crippen LogP contribution in [0, 0.1) is 3.57 Å². The highest BCUT2D eigenvalue weighted by Gasteiger charge is 2.04. The SMILES string of the molecule is CCc1cc(Cl)cc(I)c1O. The smallest absolute Gasteiger partial charge is 0.132 e. The minimum absolute atomic E-state index is 0.359. The number of aromatic hydroxyl groups is 1. The van der Waals surface area contributed by atoms with Crippen molar-refractivity contribution >= 4 is 34.2 Å². The summed E-state index contributed by atoms with van der Waals surface area (Å²) in [5.74, 6) is 0.359. The van der Waals surface area contributed by atoms with Gasteiger partial charge >= 0.3 is 0 Å². The fourth-order valence-electron chi connectivity index (χ4n) is 0.889. The van der Waals surface area contributed by atoms with E-state index >= 15 is 0 Å². The quantitative estimate of drug-likeness (QED) is 0.784. The zero-order valence-electron chi connectivity index (χ0n) is 6.06. The van der Waals surface area contributed by atoms with Crippen LogP contribution in [0.5, 0.6) is 5.75 Å². The number of phenolic OH excluding ortho intramolecular Hbond substituents is 1. The molecule has 1 N–H and O–H groups in total. The summed E-state index contributed by atoms with van der Waals surface area (Å²) in [6.07, 6.45) is 0.808. The number of hydrogen-bond donors (Lipinski definition) is 1. The van der Waals surface area contributed by atoms with Gasteiger partial charge in [-0.05, 0) is 46.7 Å². The molecule has 3 heteroatoms. The van der Waals surface area contributed by atoms with E-state index in [4.69, 9.17) is 11.6 Å². The van der Waals surface area contributed by atoms with E-state index in [0.29, 0.717) is 10.8 Å². The molecule has 0 radical (unpaired) electrons. The van der Waals surface area contributed by atoms with Gasteiger partial charge in [0, 0.05) is 5.02 Å². The van der Waals surface area contributed by atoms with E-state index in [2.05, 4.69) is 22.6 Å². The van der Waals surface area contributed by atoms with Crippen molar-refractivity contribution in [2.45, 2.75) is 13.3 Å². The van der Waals surface area contributed by atoms with Gasteiger partial charge in [-0.25, -0.2) is 0 Å². The third-order valence-electron chi connectivity index (χ3n) is 1.49. The molecule has 0 aliphatic rings. The maximum Gasteiger partial charge on any atom is 0.132 e. The highest BCUT2D eigenvalue weighted by Crippen LogP contribution is 2.28. The molecule has 0 aromatic heterocycles. The fourth-order valence-corrected chi connectivity index (χ4v) is 2.00. The van der Waals surface area contributed by atoms with Crippen molar-refractivity contribution in [3.63, 3.8) is 0 Å². The largest absolute Gasteiger partial charge is 0.507 e. The van der Waals surface area contributed by atoms with Crippen LogP contribution >= 0.6 is 34.2 Å². The highest BCUT2D eigenvalue weighted by molar-refractivity contribution is 14.1. The van der Waals surface area contributed by atoms with Crippen LogP contribution in [0.2, 0.25) is 5.02 Å². The first-order valence-electron chi connectivity index (χ1n) is 3.32. The predicted molar refractivity (Wildman–Crippen MR) is 55.2 cm³/mol. The van der Waals surface area contributed by atoms with Crippen LogP contribution in [-0.4, -0.2) is 5.11 Å². The predicted octanol–water partition coefficient (Wildman–Crippen LogP) is 3.21.